The largest absolute Gasteiger partial charge is 0.337 e. The molecule has 3 nitrogen and oxygen atoms in total. The summed E-state index contributed by atoms with van der Waals surface area (Å²) < 4.78 is 1.96. The Labute approximate surface area is 105 Å². The fourth-order valence-electron chi connectivity index (χ4n) is 2.54. The van der Waals surface area contributed by atoms with E-state index in [2.05, 4.69) is 0 Å². The van der Waals surface area contributed by atoms with Gasteiger partial charge in [0.1, 0.15) is 5.78 Å². The van der Waals surface area contributed by atoms with Gasteiger partial charge in [0, 0.05) is 25.1 Å². The average Bonchev–Trinajstić information content (AvgIpc) is 2.88. The third kappa shape index (κ3) is 1.78. The van der Waals surface area contributed by atoms with Crippen molar-refractivity contribution in [2.45, 2.75) is 19.4 Å². The van der Waals surface area contributed by atoms with Gasteiger partial charge in [0.25, 0.3) is 0 Å². The minimum Gasteiger partial charge on any atom is -0.337 e. The van der Waals surface area contributed by atoms with Crippen LogP contribution in [0.4, 0.5) is 0 Å². The molecule has 0 aliphatic heterocycles. The molecule has 0 amide bonds. The van der Waals surface area contributed by atoms with Crippen molar-refractivity contribution < 1.29 is 9.59 Å². The maximum Gasteiger partial charge on any atom is 0.166 e. The standard InChI is InChI=1S/C15H13NO2/c17-10-13-6-12-7-14(18)8-15(12)16(13)9-11-4-2-1-3-5-11/h1-6,10H,7-9H2. The van der Waals surface area contributed by atoms with E-state index in [4.69, 9.17) is 0 Å². The summed E-state index contributed by atoms with van der Waals surface area (Å²) in [6.45, 7) is 0.650. The summed E-state index contributed by atoms with van der Waals surface area (Å²) in [7, 11) is 0. The Morgan fingerprint density at radius 2 is 1.94 bits per heavy atom. The second-order valence-electron chi connectivity index (χ2n) is 4.62. The van der Waals surface area contributed by atoms with Gasteiger partial charge in [-0.05, 0) is 17.2 Å². The SMILES string of the molecule is O=Cc1cc2c(n1Cc1ccccc1)CC(=O)C2. The molecule has 0 atom stereocenters. The lowest BCUT2D eigenvalue weighted by atomic mass is 10.2. The number of Topliss-reactive ketones (excluding diaryl/α,β-unsaturated/α-hetero) is 1. The quantitative estimate of drug-likeness (QED) is 0.769. The molecule has 0 N–H and O–H groups in total. The van der Waals surface area contributed by atoms with Crippen molar-refractivity contribution in [1.29, 1.82) is 0 Å². The highest BCUT2D eigenvalue weighted by atomic mass is 16.1. The van der Waals surface area contributed by atoms with Crippen LogP contribution in [0, 0.1) is 0 Å². The number of fused-ring (bicyclic) bond motifs is 1. The van der Waals surface area contributed by atoms with Crippen molar-refractivity contribution in [2.24, 2.45) is 0 Å². The fraction of sp³-hybridized carbons (Fsp3) is 0.200. The van der Waals surface area contributed by atoms with E-state index >= 15 is 0 Å². The molecule has 1 aromatic carbocycles. The van der Waals surface area contributed by atoms with Crippen molar-refractivity contribution in [3.63, 3.8) is 0 Å². The Balaban J connectivity index is 2.01. The minimum absolute atomic E-state index is 0.235. The van der Waals surface area contributed by atoms with Crippen molar-refractivity contribution in [2.75, 3.05) is 0 Å². The third-order valence-corrected chi connectivity index (χ3v) is 3.39. The molecule has 1 aliphatic rings. The Kier molecular flexibility index (Phi) is 2.59. The second kappa shape index (κ2) is 4.26. The van der Waals surface area contributed by atoms with Crippen LogP contribution in [0.15, 0.2) is 36.4 Å². The first-order valence-corrected chi connectivity index (χ1v) is 6.00. The molecule has 0 saturated heterocycles. The molecule has 3 heteroatoms. The highest BCUT2D eigenvalue weighted by molar-refractivity contribution is 5.89. The van der Waals surface area contributed by atoms with Gasteiger partial charge in [-0.15, -0.1) is 0 Å². The van der Waals surface area contributed by atoms with Gasteiger partial charge in [0.2, 0.25) is 0 Å². The monoisotopic (exact) mass is 239 g/mol. The van der Waals surface area contributed by atoms with E-state index in [1.54, 1.807) is 0 Å². The van der Waals surface area contributed by atoms with Gasteiger partial charge < -0.3 is 4.57 Å². The summed E-state index contributed by atoms with van der Waals surface area (Å²) in [5.74, 6) is 0.235. The Morgan fingerprint density at radius 3 is 2.67 bits per heavy atom. The van der Waals surface area contributed by atoms with Gasteiger partial charge >= 0.3 is 0 Å². The molecular weight excluding hydrogens is 226 g/mol. The zero-order chi connectivity index (χ0) is 12.5. The lowest BCUT2D eigenvalue weighted by molar-refractivity contribution is -0.117. The maximum atomic E-state index is 11.5. The zero-order valence-corrected chi connectivity index (χ0v) is 9.93. The summed E-state index contributed by atoms with van der Waals surface area (Å²) in [5.41, 5.74) is 3.82. The van der Waals surface area contributed by atoms with E-state index in [0.717, 1.165) is 23.1 Å². The predicted molar refractivity (Wildman–Crippen MR) is 67.8 cm³/mol. The van der Waals surface area contributed by atoms with E-state index in [1.165, 1.54) is 0 Å². The van der Waals surface area contributed by atoms with Crippen LogP contribution in [0.1, 0.15) is 27.3 Å². The molecule has 1 aromatic heterocycles. The normalized spacial score (nSPS) is 13.7. The summed E-state index contributed by atoms with van der Waals surface area (Å²) in [4.78, 5) is 22.6. The van der Waals surface area contributed by atoms with E-state index in [0.29, 0.717) is 25.1 Å². The van der Waals surface area contributed by atoms with Crippen molar-refractivity contribution in [3.05, 3.63) is 58.9 Å². The molecule has 0 unspecified atom stereocenters. The average molecular weight is 239 g/mol. The van der Waals surface area contributed by atoms with Crippen LogP contribution >= 0.6 is 0 Å². The van der Waals surface area contributed by atoms with Crippen LogP contribution in [-0.4, -0.2) is 16.6 Å². The first-order chi connectivity index (χ1) is 8.78. The molecule has 0 fully saturated rings. The van der Waals surface area contributed by atoms with Crippen molar-refractivity contribution >= 4 is 12.1 Å². The zero-order valence-electron chi connectivity index (χ0n) is 9.93. The highest BCUT2D eigenvalue weighted by Crippen LogP contribution is 2.24. The van der Waals surface area contributed by atoms with Crippen LogP contribution in [-0.2, 0) is 24.2 Å². The number of carbonyl (C=O) groups excluding carboxylic acids is 2. The number of aldehydes is 1. The molecule has 90 valence electrons. The predicted octanol–water partition coefficient (Wildman–Crippen LogP) is 2.02. The van der Waals surface area contributed by atoms with Gasteiger partial charge in [0.05, 0.1) is 5.69 Å². The number of aromatic nitrogens is 1. The molecule has 0 saturated carbocycles. The molecule has 3 rings (SSSR count). The van der Waals surface area contributed by atoms with E-state index < -0.39 is 0 Å². The topological polar surface area (TPSA) is 39.1 Å². The molecule has 1 heterocycles. The number of ketones is 1. The Hall–Kier alpha value is -2.16. The van der Waals surface area contributed by atoms with Gasteiger partial charge in [-0.1, -0.05) is 30.3 Å². The number of carbonyl (C=O) groups is 2. The number of nitrogens with zero attached hydrogens (tertiary/aromatic N) is 1. The Bertz CT molecular complexity index is 611. The molecule has 2 aromatic rings. The highest BCUT2D eigenvalue weighted by Gasteiger charge is 2.24. The second-order valence-corrected chi connectivity index (χ2v) is 4.62. The molecule has 0 radical (unpaired) electrons. The first kappa shape index (κ1) is 11.0. The number of rotatable bonds is 3. The van der Waals surface area contributed by atoms with Gasteiger partial charge in [-0.2, -0.15) is 0 Å². The lowest BCUT2D eigenvalue weighted by Gasteiger charge is -2.09. The number of hydrogen-bond acceptors (Lipinski definition) is 2. The summed E-state index contributed by atoms with van der Waals surface area (Å²) in [5, 5.41) is 0. The van der Waals surface area contributed by atoms with Crippen LogP contribution in [0.2, 0.25) is 0 Å². The Morgan fingerprint density at radius 1 is 1.17 bits per heavy atom. The third-order valence-electron chi connectivity index (χ3n) is 3.39. The summed E-state index contributed by atoms with van der Waals surface area (Å²) in [6.07, 6.45) is 1.79. The first-order valence-electron chi connectivity index (χ1n) is 6.00. The minimum atomic E-state index is 0.235. The van der Waals surface area contributed by atoms with Crippen molar-refractivity contribution in [1.82, 2.24) is 4.57 Å². The molecule has 1 aliphatic carbocycles. The molecule has 0 bridgehead atoms. The van der Waals surface area contributed by atoms with Crippen LogP contribution < -0.4 is 0 Å². The number of benzene rings is 1. The molecular formula is C15H13NO2. The van der Waals surface area contributed by atoms with Gasteiger partial charge in [-0.25, -0.2) is 0 Å². The molecule has 0 spiro atoms. The van der Waals surface area contributed by atoms with Crippen LogP contribution in [0.25, 0.3) is 0 Å². The lowest BCUT2D eigenvalue weighted by Crippen LogP contribution is -2.09. The van der Waals surface area contributed by atoms with Gasteiger partial charge in [-0.3, -0.25) is 9.59 Å². The maximum absolute atomic E-state index is 11.5. The van der Waals surface area contributed by atoms with Crippen LogP contribution in [0.5, 0.6) is 0 Å². The molecule has 18 heavy (non-hydrogen) atoms. The number of hydrogen-bond donors (Lipinski definition) is 0. The van der Waals surface area contributed by atoms with E-state index in [-0.39, 0.29) is 5.78 Å². The van der Waals surface area contributed by atoms with E-state index in [1.807, 2.05) is 41.0 Å². The summed E-state index contributed by atoms with van der Waals surface area (Å²) >= 11 is 0. The van der Waals surface area contributed by atoms with Crippen molar-refractivity contribution in [3.8, 4) is 0 Å². The van der Waals surface area contributed by atoms with Gasteiger partial charge in [0.15, 0.2) is 6.29 Å². The van der Waals surface area contributed by atoms with Crippen LogP contribution in [0.3, 0.4) is 0 Å². The van der Waals surface area contributed by atoms with E-state index in [9.17, 15) is 9.59 Å². The summed E-state index contributed by atoms with van der Waals surface area (Å²) in [6, 6.07) is 11.8. The smallest absolute Gasteiger partial charge is 0.166 e. The fourth-order valence-corrected chi connectivity index (χ4v) is 2.54.